The molecule has 0 amide bonds. The zero-order chi connectivity index (χ0) is 24.8. The summed E-state index contributed by atoms with van der Waals surface area (Å²) in [7, 11) is 0. The molecule has 3 rings (SSSR count). The van der Waals surface area contributed by atoms with Gasteiger partial charge in [-0.15, -0.1) is 0 Å². The summed E-state index contributed by atoms with van der Waals surface area (Å²) in [5.74, 6) is 1.44. The molecule has 1 aliphatic carbocycles. The molecule has 0 heterocycles. The van der Waals surface area contributed by atoms with Gasteiger partial charge in [0.1, 0.15) is 17.1 Å². The third kappa shape index (κ3) is 5.50. The van der Waals surface area contributed by atoms with Crippen molar-refractivity contribution in [2.75, 3.05) is 0 Å². The molecule has 3 heteroatoms. The zero-order valence-electron chi connectivity index (χ0n) is 22.2. The molecule has 1 fully saturated rings. The second-order valence-corrected chi connectivity index (χ2v) is 10.6. The lowest BCUT2D eigenvalue weighted by Gasteiger charge is -2.39. The molecular formula is C31H44O3. The molecule has 0 aromatic heterocycles. The van der Waals surface area contributed by atoms with Gasteiger partial charge < -0.3 is 9.47 Å². The highest BCUT2D eigenvalue weighted by Gasteiger charge is 2.36. The molecule has 0 aliphatic heterocycles. The van der Waals surface area contributed by atoms with E-state index in [0.29, 0.717) is 5.75 Å². The molecule has 0 N–H and O–H groups in total. The molecule has 0 saturated heterocycles. The van der Waals surface area contributed by atoms with Gasteiger partial charge in [-0.25, -0.2) is 0 Å². The first-order chi connectivity index (χ1) is 16.2. The first-order valence-electron chi connectivity index (χ1n) is 13.4. The lowest BCUT2D eigenvalue weighted by molar-refractivity contribution is -0.145. The Kier molecular flexibility index (Phi) is 8.49. The molecule has 1 aliphatic rings. The molecule has 3 nitrogen and oxygen atoms in total. The third-order valence-corrected chi connectivity index (χ3v) is 8.64. The van der Waals surface area contributed by atoms with Gasteiger partial charge in [-0.05, 0) is 87.8 Å². The van der Waals surface area contributed by atoms with Crippen LogP contribution in [0.5, 0.6) is 11.5 Å². The van der Waals surface area contributed by atoms with Crippen molar-refractivity contribution < 1.29 is 14.3 Å². The summed E-state index contributed by atoms with van der Waals surface area (Å²) < 4.78 is 12.1. The summed E-state index contributed by atoms with van der Waals surface area (Å²) in [6, 6.07) is 17.1. The summed E-state index contributed by atoms with van der Waals surface area (Å²) in [4.78, 5) is 12.7. The summed E-state index contributed by atoms with van der Waals surface area (Å²) in [5, 5.41) is 0. The van der Waals surface area contributed by atoms with E-state index in [9.17, 15) is 4.79 Å². The van der Waals surface area contributed by atoms with Crippen LogP contribution in [0.2, 0.25) is 0 Å². The van der Waals surface area contributed by atoms with E-state index in [1.165, 1.54) is 30.4 Å². The second kappa shape index (κ2) is 11.0. The SMILES string of the molecule is CCC(C)(CC)Oc1ccc(C2(c3ccc(OC(=O)C(C)(CC)CC)cc3)CCCCC2)cc1. The molecule has 0 bridgehead atoms. The number of carbonyl (C=O) groups is 1. The predicted octanol–water partition coefficient (Wildman–Crippen LogP) is 8.63. The van der Waals surface area contributed by atoms with E-state index in [0.717, 1.165) is 44.3 Å². The van der Waals surface area contributed by atoms with Crippen LogP contribution >= 0.6 is 0 Å². The van der Waals surface area contributed by atoms with Crippen molar-refractivity contribution in [3.63, 3.8) is 0 Å². The highest BCUT2D eigenvalue weighted by Crippen LogP contribution is 2.45. The average molecular weight is 465 g/mol. The van der Waals surface area contributed by atoms with Gasteiger partial charge in [0, 0.05) is 5.41 Å². The first kappa shape index (κ1) is 26.3. The van der Waals surface area contributed by atoms with Crippen LogP contribution in [0.15, 0.2) is 48.5 Å². The standard InChI is InChI=1S/C31H44O3/c1-7-29(5,8-2)28(32)33-26-18-14-24(15-19-26)31(22-12-11-13-23-31)25-16-20-27(21-17-25)34-30(6,9-3)10-4/h14-21H,7-13,22-23H2,1-6H3. The molecule has 2 aromatic carbocycles. The van der Waals surface area contributed by atoms with Crippen LogP contribution < -0.4 is 9.47 Å². The van der Waals surface area contributed by atoms with Crippen LogP contribution in [0, 0.1) is 5.41 Å². The Labute approximate surface area is 207 Å². The summed E-state index contributed by atoms with van der Waals surface area (Å²) in [6.45, 7) is 12.6. The molecule has 186 valence electrons. The Morgan fingerprint density at radius 3 is 1.65 bits per heavy atom. The van der Waals surface area contributed by atoms with E-state index in [-0.39, 0.29) is 17.0 Å². The molecule has 2 aromatic rings. The maximum Gasteiger partial charge on any atom is 0.317 e. The van der Waals surface area contributed by atoms with Gasteiger partial charge in [0.25, 0.3) is 0 Å². The van der Waals surface area contributed by atoms with Crippen molar-refractivity contribution in [2.45, 2.75) is 110 Å². The van der Waals surface area contributed by atoms with Crippen LogP contribution in [0.4, 0.5) is 0 Å². The van der Waals surface area contributed by atoms with E-state index in [2.05, 4.69) is 57.2 Å². The second-order valence-electron chi connectivity index (χ2n) is 10.6. The lowest BCUT2D eigenvalue weighted by atomic mass is 9.65. The summed E-state index contributed by atoms with van der Waals surface area (Å²) in [5.41, 5.74) is 2.10. The lowest BCUT2D eigenvalue weighted by Crippen LogP contribution is -2.32. The number of hydrogen-bond acceptors (Lipinski definition) is 3. The molecule has 0 spiro atoms. The van der Waals surface area contributed by atoms with Crippen molar-refractivity contribution in [1.29, 1.82) is 0 Å². The number of esters is 1. The van der Waals surface area contributed by atoms with Gasteiger partial charge in [-0.3, -0.25) is 4.79 Å². The normalized spacial score (nSPS) is 16.2. The minimum atomic E-state index is -0.432. The minimum Gasteiger partial charge on any atom is -0.488 e. The molecule has 0 unspecified atom stereocenters. The van der Waals surface area contributed by atoms with Gasteiger partial charge >= 0.3 is 5.97 Å². The van der Waals surface area contributed by atoms with Crippen molar-refractivity contribution in [2.24, 2.45) is 5.41 Å². The predicted molar refractivity (Wildman–Crippen MR) is 141 cm³/mol. The number of rotatable bonds is 10. The van der Waals surface area contributed by atoms with Crippen molar-refractivity contribution in [3.8, 4) is 11.5 Å². The van der Waals surface area contributed by atoms with Crippen LogP contribution in [0.25, 0.3) is 0 Å². The Balaban J connectivity index is 1.85. The topological polar surface area (TPSA) is 35.5 Å². The summed E-state index contributed by atoms with van der Waals surface area (Å²) >= 11 is 0. The Bertz CT molecular complexity index is 912. The minimum absolute atomic E-state index is 0.000510. The van der Waals surface area contributed by atoms with E-state index in [1.54, 1.807) is 0 Å². The van der Waals surface area contributed by atoms with Crippen molar-refractivity contribution in [1.82, 2.24) is 0 Å². The van der Waals surface area contributed by atoms with Crippen LogP contribution in [-0.4, -0.2) is 11.6 Å². The molecule has 0 atom stereocenters. The largest absolute Gasteiger partial charge is 0.488 e. The van der Waals surface area contributed by atoms with Crippen LogP contribution in [0.3, 0.4) is 0 Å². The van der Waals surface area contributed by atoms with Gasteiger partial charge in [0.05, 0.1) is 5.41 Å². The highest BCUT2D eigenvalue weighted by molar-refractivity contribution is 5.78. The van der Waals surface area contributed by atoms with Crippen molar-refractivity contribution in [3.05, 3.63) is 59.7 Å². The smallest absolute Gasteiger partial charge is 0.317 e. The van der Waals surface area contributed by atoms with E-state index in [4.69, 9.17) is 9.47 Å². The van der Waals surface area contributed by atoms with Gasteiger partial charge in [0.15, 0.2) is 0 Å². The van der Waals surface area contributed by atoms with E-state index < -0.39 is 5.41 Å². The average Bonchev–Trinajstić information content (AvgIpc) is 2.89. The van der Waals surface area contributed by atoms with Gasteiger partial charge in [-0.2, -0.15) is 0 Å². The molecule has 0 radical (unpaired) electrons. The molecule has 1 saturated carbocycles. The number of hydrogen-bond donors (Lipinski definition) is 0. The zero-order valence-corrected chi connectivity index (χ0v) is 22.2. The monoisotopic (exact) mass is 464 g/mol. The fourth-order valence-corrected chi connectivity index (χ4v) is 5.03. The Morgan fingerprint density at radius 2 is 1.21 bits per heavy atom. The molecular weight excluding hydrogens is 420 g/mol. The fourth-order valence-electron chi connectivity index (χ4n) is 5.03. The maximum absolute atomic E-state index is 12.7. The number of carbonyl (C=O) groups excluding carboxylic acids is 1. The van der Waals surface area contributed by atoms with Gasteiger partial charge in [0.2, 0.25) is 0 Å². The maximum atomic E-state index is 12.7. The molecule has 34 heavy (non-hydrogen) atoms. The Hall–Kier alpha value is -2.29. The van der Waals surface area contributed by atoms with E-state index in [1.807, 2.05) is 32.9 Å². The Morgan fingerprint density at radius 1 is 0.735 bits per heavy atom. The number of ether oxygens (including phenoxy) is 2. The van der Waals surface area contributed by atoms with E-state index >= 15 is 0 Å². The quantitative estimate of drug-likeness (QED) is 0.261. The first-order valence-corrected chi connectivity index (χ1v) is 13.4. The van der Waals surface area contributed by atoms with Gasteiger partial charge in [-0.1, -0.05) is 71.2 Å². The van der Waals surface area contributed by atoms with Crippen LogP contribution in [0.1, 0.15) is 110 Å². The van der Waals surface area contributed by atoms with Crippen LogP contribution in [-0.2, 0) is 10.2 Å². The summed E-state index contributed by atoms with van der Waals surface area (Å²) in [6.07, 6.45) is 9.54. The highest BCUT2D eigenvalue weighted by atomic mass is 16.5. The van der Waals surface area contributed by atoms with Crippen molar-refractivity contribution >= 4 is 5.97 Å². The third-order valence-electron chi connectivity index (χ3n) is 8.64. The number of benzene rings is 2. The fraction of sp³-hybridized carbons (Fsp3) is 0.581.